The number of hydrogen-bond acceptors (Lipinski definition) is 6. The van der Waals surface area contributed by atoms with Crippen molar-refractivity contribution in [3.05, 3.63) is 0 Å². The lowest BCUT2D eigenvalue weighted by molar-refractivity contribution is -0.145. The van der Waals surface area contributed by atoms with Gasteiger partial charge in [-0.1, -0.05) is 19.8 Å². The van der Waals surface area contributed by atoms with E-state index in [4.69, 9.17) is 0 Å². The molecule has 0 aromatic rings. The lowest BCUT2D eigenvalue weighted by Gasteiger charge is -2.36. The van der Waals surface area contributed by atoms with Crippen molar-refractivity contribution in [1.29, 1.82) is 0 Å². The molecule has 3 fully saturated rings. The summed E-state index contributed by atoms with van der Waals surface area (Å²) in [6, 6.07) is -0.746. The summed E-state index contributed by atoms with van der Waals surface area (Å²) in [6.45, 7) is 3.50. The van der Waals surface area contributed by atoms with Crippen LogP contribution in [0.1, 0.15) is 32.6 Å². The van der Waals surface area contributed by atoms with E-state index in [2.05, 4.69) is 0 Å². The molecule has 2 heterocycles. The summed E-state index contributed by atoms with van der Waals surface area (Å²) in [4.78, 5) is 41.5. The van der Waals surface area contributed by atoms with Gasteiger partial charge < -0.3 is 0 Å². The predicted molar refractivity (Wildman–Crippen MR) is 93.4 cm³/mol. The van der Waals surface area contributed by atoms with Gasteiger partial charge in [0.15, 0.2) is 0 Å². The highest BCUT2D eigenvalue weighted by molar-refractivity contribution is 7.88. The van der Waals surface area contributed by atoms with Crippen LogP contribution < -0.4 is 0 Å². The average molecular weight is 386 g/mol. The molecular weight excluding hydrogens is 360 g/mol. The molecule has 0 aromatic carbocycles. The standard InChI is InChI=1S/C16H26N4O5S/c1-12-5-3-4-6-13(12)20-15(22)14(21)19(16(20)23)11-17-7-9-18(10-8-17)26(2,24)25/h12-13H,3-11H2,1-2H3/t12-,13+/m0/s1. The minimum atomic E-state index is -3.24. The molecule has 0 bridgehead atoms. The number of urea groups is 1. The molecule has 146 valence electrons. The summed E-state index contributed by atoms with van der Waals surface area (Å²) in [7, 11) is -3.24. The number of carbonyl (C=O) groups excluding carboxylic acids is 3. The first-order chi connectivity index (χ1) is 12.2. The number of imide groups is 2. The van der Waals surface area contributed by atoms with Crippen LogP contribution in [0, 0.1) is 5.92 Å². The zero-order chi connectivity index (χ0) is 19.1. The van der Waals surface area contributed by atoms with Crippen LogP contribution in [0.15, 0.2) is 0 Å². The third-order valence-corrected chi connectivity index (χ3v) is 6.93. The van der Waals surface area contributed by atoms with E-state index in [1.165, 1.54) is 4.31 Å². The second kappa shape index (κ2) is 7.24. The second-order valence-corrected chi connectivity index (χ2v) is 9.42. The van der Waals surface area contributed by atoms with Crippen molar-refractivity contribution in [3.8, 4) is 0 Å². The van der Waals surface area contributed by atoms with E-state index >= 15 is 0 Å². The first-order valence-corrected chi connectivity index (χ1v) is 10.9. The van der Waals surface area contributed by atoms with Gasteiger partial charge >= 0.3 is 17.8 Å². The van der Waals surface area contributed by atoms with Gasteiger partial charge in [0.2, 0.25) is 10.0 Å². The molecule has 3 rings (SSSR count). The van der Waals surface area contributed by atoms with Gasteiger partial charge in [-0.3, -0.25) is 19.4 Å². The van der Waals surface area contributed by atoms with E-state index in [0.29, 0.717) is 26.2 Å². The Balaban J connectivity index is 1.65. The van der Waals surface area contributed by atoms with Crippen molar-refractivity contribution in [3.63, 3.8) is 0 Å². The van der Waals surface area contributed by atoms with Crippen LogP contribution >= 0.6 is 0 Å². The van der Waals surface area contributed by atoms with Crippen LogP contribution in [-0.4, -0.2) is 90.4 Å². The molecule has 2 saturated heterocycles. The van der Waals surface area contributed by atoms with Crippen LogP contribution in [0.5, 0.6) is 0 Å². The monoisotopic (exact) mass is 386 g/mol. The van der Waals surface area contributed by atoms with Crippen molar-refractivity contribution >= 4 is 27.9 Å². The van der Waals surface area contributed by atoms with E-state index in [1.54, 1.807) is 0 Å². The minimum Gasteiger partial charge on any atom is -0.283 e. The lowest BCUT2D eigenvalue weighted by Crippen LogP contribution is -2.52. The normalized spacial score (nSPS) is 29.7. The fourth-order valence-corrected chi connectivity index (χ4v) is 4.85. The van der Waals surface area contributed by atoms with Gasteiger partial charge in [0.05, 0.1) is 12.9 Å². The van der Waals surface area contributed by atoms with Gasteiger partial charge in [0.25, 0.3) is 0 Å². The summed E-state index contributed by atoms with van der Waals surface area (Å²) < 4.78 is 24.5. The van der Waals surface area contributed by atoms with Gasteiger partial charge in [0, 0.05) is 32.2 Å². The van der Waals surface area contributed by atoms with E-state index in [9.17, 15) is 22.8 Å². The number of sulfonamides is 1. The first kappa shape index (κ1) is 19.2. The predicted octanol–water partition coefficient (Wildman–Crippen LogP) is -0.109. The molecular formula is C16H26N4O5S. The zero-order valence-corrected chi connectivity index (χ0v) is 16.1. The average Bonchev–Trinajstić information content (AvgIpc) is 2.79. The van der Waals surface area contributed by atoms with Crippen molar-refractivity contribution in [2.24, 2.45) is 5.92 Å². The number of hydrogen-bond donors (Lipinski definition) is 0. The first-order valence-electron chi connectivity index (χ1n) is 9.06. The molecule has 10 heteroatoms. The Bertz CT molecular complexity index is 701. The molecule has 1 aliphatic carbocycles. The van der Waals surface area contributed by atoms with E-state index < -0.39 is 27.9 Å². The molecule has 26 heavy (non-hydrogen) atoms. The van der Waals surface area contributed by atoms with Gasteiger partial charge in [-0.05, 0) is 18.8 Å². The second-order valence-electron chi connectivity index (χ2n) is 7.44. The van der Waals surface area contributed by atoms with Crippen LogP contribution in [0.25, 0.3) is 0 Å². The Hall–Kier alpha value is -1.52. The number of carbonyl (C=O) groups is 3. The molecule has 1 saturated carbocycles. The van der Waals surface area contributed by atoms with Crippen molar-refractivity contribution < 1.29 is 22.8 Å². The maximum atomic E-state index is 12.7. The summed E-state index contributed by atoms with van der Waals surface area (Å²) in [5.74, 6) is -1.32. The summed E-state index contributed by atoms with van der Waals surface area (Å²) >= 11 is 0. The molecule has 3 aliphatic rings. The van der Waals surface area contributed by atoms with Crippen molar-refractivity contribution in [2.45, 2.75) is 38.6 Å². The molecule has 2 aliphatic heterocycles. The SMILES string of the molecule is C[C@H]1CCCC[C@H]1N1C(=O)C(=O)N(CN2CCN(S(C)(=O)=O)CC2)C1=O. The molecule has 9 nitrogen and oxygen atoms in total. The Morgan fingerprint density at radius 2 is 1.58 bits per heavy atom. The van der Waals surface area contributed by atoms with E-state index in [1.807, 2.05) is 11.8 Å². The fraction of sp³-hybridized carbons (Fsp3) is 0.812. The topological polar surface area (TPSA) is 98.3 Å². The maximum Gasteiger partial charge on any atom is 0.335 e. The highest BCUT2D eigenvalue weighted by atomic mass is 32.2. The van der Waals surface area contributed by atoms with Crippen LogP contribution in [-0.2, 0) is 19.6 Å². The lowest BCUT2D eigenvalue weighted by atomic mass is 9.85. The number of piperazine rings is 1. The zero-order valence-electron chi connectivity index (χ0n) is 15.3. The third-order valence-electron chi connectivity index (χ3n) is 5.62. The molecule has 4 amide bonds. The molecule has 2 atom stereocenters. The minimum absolute atomic E-state index is 0.0264. The molecule has 0 N–H and O–H groups in total. The molecule has 0 aromatic heterocycles. The Morgan fingerprint density at radius 3 is 2.15 bits per heavy atom. The summed E-state index contributed by atoms with van der Waals surface area (Å²) in [6.07, 6.45) is 4.89. The quantitative estimate of drug-likeness (QED) is 0.494. The van der Waals surface area contributed by atoms with Crippen molar-refractivity contribution in [2.75, 3.05) is 39.1 Å². The molecule has 0 unspecified atom stereocenters. The Labute approximate surface area is 153 Å². The number of rotatable bonds is 4. The maximum absolute atomic E-state index is 12.7. The van der Waals surface area contributed by atoms with Gasteiger partial charge in [0.1, 0.15) is 0 Å². The largest absolute Gasteiger partial charge is 0.335 e. The van der Waals surface area contributed by atoms with Gasteiger partial charge in [-0.25, -0.2) is 18.1 Å². The number of nitrogens with zero attached hydrogens (tertiary/aromatic N) is 4. The van der Waals surface area contributed by atoms with Gasteiger partial charge in [-0.2, -0.15) is 4.31 Å². The Morgan fingerprint density at radius 1 is 0.962 bits per heavy atom. The fourth-order valence-electron chi connectivity index (χ4n) is 4.02. The summed E-state index contributed by atoms with van der Waals surface area (Å²) in [5.41, 5.74) is 0. The van der Waals surface area contributed by atoms with E-state index in [0.717, 1.165) is 41.7 Å². The van der Waals surface area contributed by atoms with Crippen LogP contribution in [0.2, 0.25) is 0 Å². The molecule has 0 radical (unpaired) electrons. The van der Waals surface area contributed by atoms with Crippen molar-refractivity contribution in [1.82, 2.24) is 19.0 Å². The highest BCUT2D eigenvalue weighted by Gasteiger charge is 2.49. The van der Waals surface area contributed by atoms with E-state index in [-0.39, 0.29) is 18.6 Å². The third kappa shape index (κ3) is 3.63. The smallest absolute Gasteiger partial charge is 0.283 e. The van der Waals surface area contributed by atoms with Crippen LogP contribution in [0.3, 0.4) is 0 Å². The summed E-state index contributed by atoms with van der Waals surface area (Å²) in [5, 5.41) is 0. The Kier molecular flexibility index (Phi) is 5.36. The van der Waals surface area contributed by atoms with Crippen LogP contribution in [0.4, 0.5) is 4.79 Å². The highest BCUT2D eigenvalue weighted by Crippen LogP contribution is 2.31. The van der Waals surface area contributed by atoms with Gasteiger partial charge in [-0.15, -0.1) is 0 Å². The number of amides is 4. The molecule has 0 spiro atoms.